The summed E-state index contributed by atoms with van der Waals surface area (Å²) >= 11 is 0. The van der Waals surface area contributed by atoms with Crippen molar-refractivity contribution in [2.75, 3.05) is 0 Å². The van der Waals surface area contributed by atoms with Gasteiger partial charge in [0.15, 0.2) is 0 Å². The summed E-state index contributed by atoms with van der Waals surface area (Å²) in [6.45, 7) is 5.69. The Morgan fingerprint density at radius 2 is 2.00 bits per heavy atom. The lowest BCUT2D eigenvalue weighted by molar-refractivity contribution is 0.851. The second kappa shape index (κ2) is 4.01. The van der Waals surface area contributed by atoms with E-state index in [0.717, 1.165) is 22.8 Å². The van der Waals surface area contributed by atoms with Gasteiger partial charge in [-0.1, -0.05) is 0 Å². The molecule has 0 aliphatic heterocycles. The molecule has 0 fully saturated rings. The Kier molecular flexibility index (Phi) is 2.67. The topological polar surface area (TPSA) is 80.6 Å². The van der Waals surface area contributed by atoms with Crippen LogP contribution in [0.4, 0.5) is 0 Å². The van der Waals surface area contributed by atoms with Crippen molar-refractivity contribution in [2.24, 2.45) is 5.73 Å². The summed E-state index contributed by atoms with van der Waals surface area (Å²) in [5.74, 6) is 0.0122. The number of aryl methyl sites for hydroxylation is 3. The molecule has 0 saturated carbocycles. The molecule has 0 spiro atoms. The number of nitrogen functional groups attached to an aromatic ring is 1. The van der Waals surface area contributed by atoms with E-state index in [4.69, 9.17) is 11.1 Å². The Morgan fingerprint density at radius 1 is 1.29 bits per heavy atom. The molecule has 0 radical (unpaired) electrons. The van der Waals surface area contributed by atoms with Crippen molar-refractivity contribution in [2.45, 2.75) is 20.8 Å². The van der Waals surface area contributed by atoms with Crippen molar-refractivity contribution in [1.29, 1.82) is 5.41 Å². The molecule has 2 aromatic rings. The van der Waals surface area contributed by atoms with Gasteiger partial charge in [0, 0.05) is 11.9 Å². The molecule has 0 unspecified atom stereocenters. The van der Waals surface area contributed by atoms with Crippen molar-refractivity contribution in [1.82, 2.24) is 14.8 Å². The first-order chi connectivity index (χ1) is 7.99. The number of hydrogen-bond acceptors (Lipinski definition) is 3. The summed E-state index contributed by atoms with van der Waals surface area (Å²) in [5.41, 5.74) is 9.61. The third-order valence-electron chi connectivity index (χ3n) is 2.55. The monoisotopic (exact) mass is 229 g/mol. The molecule has 0 bridgehead atoms. The van der Waals surface area contributed by atoms with Crippen LogP contribution < -0.4 is 5.73 Å². The molecule has 17 heavy (non-hydrogen) atoms. The predicted molar refractivity (Wildman–Crippen MR) is 66.6 cm³/mol. The van der Waals surface area contributed by atoms with Gasteiger partial charge in [0.1, 0.15) is 5.84 Å². The van der Waals surface area contributed by atoms with Gasteiger partial charge >= 0.3 is 0 Å². The van der Waals surface area contributed by atoms with E-state index in [0.29, 0.717) is 5.56 Å². The minimum atomic E-state index is 0.0122. The molecule has 2 rings (SSSR count). The average molecular weight is 229 g/mol. The Balaban J connectivity index is 2.71. The first-order valence-electron chi connectivity index (χ1n) is 5.34. The summed E-state index contributed by atoms with van der Waals surface area (Å²) in [6, 6.07) is 3.80. The maximum absolute atomic E-state index is 7.64. The number of rotatable bonds is 2. The van der Waals surface area contributed by atoms with Crippen LogP contribution in [0.2, 0.25) is 0 Å². The molecule has 0 amide bonds. The van der Waals surface area contributed by atoms with E-state index in [-0.39, 0.29) is 5.84 Å². The van der Waals surface area contributed by atoms with Gasteiger partial charge in [-0.2, -0.15) is 5.10 Å². The van der Waals surface area contributed by atoms with Crippen molar-refractivity contribution in [3.05, 3.63) is 41.0 Å². The smallest absolute Gasteiger partial charge is 0.126 e. The fourth-order valence-electron chi connectivity index (χ4n) is 1.87. The van der Waals surface area contributed by atoms with Gasteiger partial charge in [0.05, 0.1) is 22.6 Å². The number of hydrogen-bond donors (Lipinski definition) is 2. The molecule has 88 valence electrons. The molecule has 5 nitrogen and oxygen atoms in total. The largest absolute Gasteiger partial charge is 0.384 e. The fraction of sp³-hybridized carbons (Fsp3) is 0.250. The summed E-state index contributed by atoms with van der Waals surface area (Å²) in [6.07, 6.45) is 1.86. The number of nitrogens with one attached hydrogen (secondary N) is 1. The predicted octanol–water partition coefficient (Wildman–Crippen LogP) is 1.48. The molecular formula is C12H15N5. The number of aromatic nitrogens is 3. The van der Waals surface area contributed by atoms with Crippen LogP contribution >= 0.6 is 0 Å². The number of amidine groups is 1. The molecule has 3 N–H and O–H groups in total. The van der Waals surface area contributed by atoms with E-state index in [1.807, 2.05) is 39.1 Å². The molecule has 0 aromatic carbocycles. The van der Waals surface area contributed by atoms with Crippen LogP contribution in [0.3, 0.4) is 0 Å². The highest BCUT2D eigenvalue weighted by Gasteiger charge is 2.13. The van der Waals surface area contributed by atoms with Crippen LogP contribution in [0.15, 0.2) is 18.3 Å². The molecule has 5 heteroatoms. The van der Waals surface area contributed by atoms with Crippen LogP contribution in [0.5, 0.6) is 0 Å². The lowest BCUT2D eigenvalue weighted by Gasteiger charge is -2.11. The fourth-order valence-corrected chi connectivity index (χ4v) is 1.87. The van der Waals surface area contributed by atoms with Gasteiger partial charge in [-0.05, 0) is 32.9 Å². The van der Waals surface area contributed by atoms with Crippen LogP contribution in [0.25, 0.3) is 5.69 Å². The van der Waals surface area contributed by atoms with Crippen LogP contribution in [0, 0.1) is 26.2 Å². The zero-order valence-corrected chi connectivity index (χ0v) is 10.2. The summed E-state index contributed by atoms with van der Waals surface area (Å²) in [5, 5.41) is 12.0. The molecular weight excluding hydrogens is 214 g/mol. The molecule has 2 aromatic heterocycles. The normalized spacial score (nSPS) is 10.5. The second-order valence-electron chi connectivity index (χ2n) is 4.06. The first kappa shape index (κ1) is 11.3. The van der Waals surface area contributed by atoms with Gasteiger partial charge in [-0.25, -0.2) is 4.68 Å². The van der Waals surface area contributed by atoms with Crippen LogP contribution in [-0.2, 0) is 0 Å². The van der Waals surface area contributed by atoms with E-state index in [2.05, 4.69) is 10.1 Å². The van der Waals surface area contributed by atoms with Crippen molar-refractivity contribution in [3.63, 3.8) is 0 Å². The number of pyridine rings is 1. The highest BCUT2D eigenvalue weighted by Crippen LogP contribution is 2.17. The highest BCUT2D eigenvalue weighted by atomic mass is 15.3. The highest BCUT2D eigenvalue weighted by molar-refractivity contribution is 5.99. The average Bonchev–Trinajstić information content (AvgIpc) is 2.62. The van der Waals surface area contributed by atoms with E-state index in [1.165, 1.54) is 0 Å². The SMILES string of the molecule is Cc1cc(-n2ccc(C)n2)c(C(=N)N)c(C)n1. The van der Waals surface area contributed by atoms with Gasteiger partial charge in [0.25, 0.3) is 0 Å². The minimum Gasteiger partial charge on any atom is -0.384 e. The van der Waals surface area contributed by atoms with E-state index in [9.17, 15) is 0 Å². The Hall–Kier alpha value is -2.17. The lowest BCUT2D eigenvalue weighted by Crippen LogP contribution is -2.18. The lowest BCUT2D eigenvalue weighted by atomic mass is 10.1. The number of nitrogens with two attached hydrogens (primary N) is 1. The molecule has 0 aliphatic carbocycles. The van der Waals surface area contributed by atoms with E-state index in [1.54, 1.807) is 4.68 Å². The number of nitrogens with zero attached hydrogens (tertiary/aromatic N) is 3. The summed E-state index contributed by atoms with van der Waals surface area (Å²) < 4.78 is 1.73. The zero-order valence-electron chi connectivity index (χ0n) is 10.2. The maximum Gasteiger partial charge on any atom is 0.126 e. The first-order valence-corrected chi connectivity index (χ1v) is 5.34. The van der Waals surface area contributed by atoms with E-state index < -0.39 is 0 Å². The zero-order chi connectivity index (χ0) is 12.6. The maximum atomic E-state index is 7.64. The molecule has 0 atom stereocenters. The van der Waals surface area contributed by atoms with Gasteiger partial charge in [0.2, 0.25) is 0 Å². The Bertz CT molecular complexity index is 583. The third-order valence-corrected chi connectivity index (χ3v) is 2.55. The Labute approximate surface area is 99.8 Å². The van der Waals surface area contributed by atoms with Gasteiger partial charge in [-0.15, -0.1) is 0 Å². The van der Waals surface area contributed by atoms with Crippen molar-refractivity contribution >= 4 is 5.84 Å². The van der Waals surface area contributed by atoms with Crippen molar-refractivity contribution in [3.8, 4) is 5.69 Å². The second-order valence-corrected chi connectivity index (χ2v) is 4.06. The molecule has 0 aliphatic rings. The minimum absolute atomic E-state index is 0.0122. The summed E-state index contributed by atoms with van der Waals surface area (Å²) in [4.78, 5) is 4.33. The van der Waals surface area contributed by atoms with Gasteiger partial charge < -0.3 is 5.73 Å². The van der Waals surface area contributed by atoms with Crippen LogP contribution in [-0.4, -0.2) is 20.6 Å². The standard InChI is InChI=1S/C12H15N5/c1-7-4-5-17(16-7)10-6-8(2)15-9(3)11(10)12(13)14/h4-6H,1-3H3,(H3,13,14). The quantitative estimate of drug-likeness (QED) is 0.604. The Morgan fingerprint density at radius 3 is 2.53 bits per heavy atom. The molecule has 2 heterocycles. The van der Waals surface area contributed by atoms with Crippen LogP contribution in [0.1, 0.15) is 22.6 Å². The van der Waals surface area contributed by atoms with Gasteiger partial charge in [-0.3, -0.25) is 10.4 Å². The third kappa shape index (κ3) is 2.04. The van der Waals surface area contributed by atoms with E-state index >= 15 is 0 Å². The molecule has 0 saturated heterocycles. The summed E-state index contributed by atoms with van der Waals surface area (Å²) in [7, 11) is 0. The van der Waals surface area contributed by atoms with Crippen molar-refractivity contribution < 1.29 is 0 Å².